The van der Waals surface area contributed by atoms with Crippen molar-refractivity contribution in [2.75, 3.05) is 32.1 Å². The number of carbonyl (C=O) groups is 1. The maximum absolute atomic E-state index is 12.3. The van der Waals surface area contributed by atoms with Gasteiger partial charge in [0.2, 0.25) is 15.9 Å². The molecule has 1 amide bonds. The zero-order chi connectivity index (χ0) is 15.2. The molecule has 9 heteroatoms. The van der Waals surface area contributed by atoms with E-state index in [9.17, 15) is 13.2 Å². The molecular weight excluding hydrogens is 302 g/mol. The van der Waals surface area contributed by atoms with Crippen LogP contribution in [0.2, 0.25) is 0 Å². The number of amides is 1. The molecule has 0 atom stereocenters. The number of nitrogens with one attached hydrogen (secondary N) is 2. The summed E-state index contributed by atoms with van der Waals surface area (Å²) < 4.78 is 30.5. The van der Waals surface area contributed by atoms with Crippen LogP contribution in [0.25, 0.3) is 0 Å². The Kier molecular flexibility index (Phi) is 6.31. The van der Waals surface area contributed by atoms with E-state index in [1.165, 1.54) is 0 Å². The monoisotopic (exact) mass is 323 g/mol. The van der Waals surface area contributed by atoms with Gasteiger partial charge in [-0.15, -0.1) is 0 Å². The van der Waals surface area contributed by atoms with Crippen molar-refractivity contribution in [3.8, 4) is 0 Å². The summed E-state index contributed by atoms with van der Waals surface area (Å²) in [6, 6.07) is 0. The fraction of sp³-hybridized carbons (Fsp3) is 0.818. The highest BCUT2D eigenvalue weighted by atomic mass is 32.2. The van der Waals surface area contributed by atoms with E-state index in [0.717, 1.165) is 0 Å². The zero-order valence-electron chi connectivity index (χ0n) is 11.5. The van der Waals surface area contributed by atoms with Crippen molar-refractivity contribution in [1.82, 2.24) is 10.0 Å². The standard InChI is InChI=1S/C11H21N3O4S2/c1-2-14-20(16,17)8-5-13-10(15)11(9(12)19)3-6-18-7-4-11/h14H,2-8H2,1H3,(H2,12,19)(H,13,15). The molecule has 0 unspecified atom stereocenters. The van der Waals surface area contributed by atoms with Crippen LogP contribution in [0, 0.1) is 5.41 Å². The summed E-state index contributed by atoms with van der Waals surface area (Å²) in [6.45, 7) is 2.88. The van der Waals surface area contributed by atoms with E-state index in [1.807, 2.05) is 0 Å². The van der Waals surface area contributed by atoms with Gasteiger partial charge in [-0.2, -0.15) is 0 Å². The lowest BCUT2D eigenvalue weighted by Gasteiger charge is -2.34. The Morgan fingerprint density at radius 2 is 2.00 bits per heavy atom. The first-order chi connectivity index (χ1) is 9.34. The molecule has 1 fully saturated rings. The summed E-state index contributed by atoms with van der Waals surface area (Å²) >= 11 is 5.00. The summed E-state index contributed by atoms with van der Waals surface area (Å²) in [5.74, 6) is -0.490. The van der Waals surface area contributed by atoms with Crippen LogP contribution in [0.15, 0.2) is 0 Å². The van der Waals surface area contributed by atoms with E-state index in [2.05, 4.69) is 10.0 Å². The number of hydrogen-bond donors (Lipinski definition) is 3. The van der Waals surface area contributed by atoms with Gasteiger partial charge >= 0.3 is 0 Å². The van der Waals surface area contributed by atoms with Gasteiger partial charge in [0, 0.05) is 26.3 Å². The number of thiocarbonyl (C=S) groups is 1. The molecular formula is C11H21N3O4S2. The fourth-order valence-electron chi connectivity index (χ4n) is 2.07. The third-order valence-corrected chi connectivity index (χ3v) is 5.13. The lowest BCUT2D eigenvalue weighted by atomic mass is 9.79. The highest BCUT2D eigenvalue weighted by Gasteiger charge is 2.42. The predicted molar refractivity (Wildman–Crippen MR) is 79.7 cm³/mol. The second kappa shape index (κ2) is 7.30. The summed E-state index contributed by atoms with van der Waals surface area (Å²) in [7, 11) is -3.35. The van der Waals surface area contributed by atoms with Crippen LogP contribution in [-0.2, 0) is 19.6 Å². The average Bonchev–Trinajstić information content (AvgIpc) is 2.38. The summed E-state index contributed by atoms with van der Waals surface area (Å²) in [6.07, 6.45) is 0.849. The molecule has 1 aliphatic heterocycles. The summed E-state index contributed by atoms with van der Waals surface area (Å²) in [5, 5.41) is 2.61. The van der Waals surface area contributed by atoms with Gasteiger partial charge in [-0.25, -0.2) is 13.1 Å². The first kappa shape index (κ1) is 17.3. The molecule has 0 aromatic rings. The van der Waals surface area contributed by atoms with E-state index in [4.69, 9.17) is 22.7 Å². The van der Waals surface area contributed by atoms with Gasteiger partial charge in [-0.1, -0.05) is 19.1 Å². The van der Waals surface area contributed by atoms with Gasteiger partial charge in [0.05, 0.1) is 10.7 Å². The van der Waals surface area contributed by atoms with Crippen LogP contribution in [-0.4, -0.2) is 51.4 Å². The molecule has 0 aromatic heterocycles. The van der Waals surface area contributed by atoms with Crippen molar-refractivity contribution in [2.24, 2.45) is 11.1 Å². The average molecular weight is 323 g/mol. The van der Waals surface area contributed by atoms with Gasteiger partial charge in [0.15, 0.2) is 0 Å². The Labute approximate surface area is 124 Å². The number of hydrogen-bond acceptors (Lipinski definition) is 5. The number of nitrogens with two attached hydrogens (primary N) is 1. The minimum Gasteiger partial charge on any atom is -0.392 e. The quantitative estimate of drug-likeness (QED) is 0.525. The van der Waals surface area contributed by atoms with Gasteiger partial charge in [0.1, 0.15) is 5.41 Å². The number of sulfonamides is 1. The summed E-state index contributed by atoms with van der Waals surface area (Å²) in [4.78, 5) is 12.4. The molecule has 1 heterocycles. The molecule has 4 N–H and O–H groups in total. The molecule has 20 heavy (non-hydrogen) atoms. The SMILES string of the molecule is CCNS(=O)(=O)CCNC(=O)C1(C(N)=S)CCOCC1. The molecule has 0 aromatic carbocycles. The molecule has 7 nitrogen and oxygen atoms in total. The summed E-state index contributed by atoms with van der Waals surface area (Å²) in [5.41, 5.74) is 4.77. The van der Waals surface area contributed by atoms with Crippen LogP contribution in [0.3, 0.4) is 0 Å². The Morgan fingerprint density at radius 3 is 2.50 bits per heavy atom. The second-order valence-corrected chi connectivity index (χ2v) is 7.00. The molecule has 1 saturated heterocycles. The molecule has 116 valence electrons. The second-order valence-electron chi connectivity index (χ2n) is 4.63. The largest absolute Gasteiger partial charge is 0.392 e. The van der Waals surface area contributed by atoms with Crippen LogP contribution in [0.5, 0.6) is 0 Å². The third kappa shape index (κ3) is 4.37. The molecule has 0 bridgehead atoms. The third-order valence-electron chi connectivity index (χ3n) is 3.27. The van der Waals surface area contributed by atoms with Crippen molar-refractivity contribution >= 4 is 33.1 Å². The van der Waals surface area contributed by atoms with Gasteiger partial charge in [0.25, 0.3) is 0 Å². The molecule has 0 spiro atoms. The maximum Gasteiger partial charge on any atom is 0.233 e. The minimum absolute atomic E-state index is 0.0272. The predicted octanol–water partition coefficient (Wildman–Crippen LogP) is -0.875. The van der Waals surface area contributed by atoms with Crippen LogP contribution >= 0.6 is 12.2 Å². The highest BCUT2D eigenvalue weighted by molar-refractivity contribution is 7.89. The van der Waals surface area contributed by atoms with E-state index in [0.29, 0.717) is 32.6 Å². The van der Waals surface area contributed by atoms with Crippen LogP contribution < -0.4 is 15.8 Å². The lowest BCUT2D eigenvalue weighted by molar-refractivity contribution is -0.131. The van der Waals surface area contributed by atoms with E-state index in [1.54, 1.807) is 6.92 Å². The lowest BCUT2D eigenvalue weighted by Crippen LogP contribution is -2.52. The Balaban J connectivity index is 2.58. The van der Waals surface area contributed by atoms with E-state index >= 15 is 0 Å². The molecule has 1 rings (SSSR count). The number of rotatable bonds is 7. The van der Waals surface area contributed by atoms with Crippen molar-refractivity contribution in [3.05, 3.63) is 0 Å². The maximum atomic E-state index is 12.3. The van der Waals surface area contributed by atoms with Gasteiger partial charge in [-0.3, -0.25) is 4.79 Å². The zero-order valence-corrected chi connectivity index (χ0v) is 13.1. The van der Waals surface area contributed by atoms with Gasteiger partial charge in [-0.05, 0) is 12.8 Å². The van der Waals surface area contributed by atoms with Crippen molar-refractivity contribution in [1.29, 1.82) is 0 Å². The first-order valence-electron chi connectivity index (χ1n) is 6.47. The minimum atomic E-state index is -3.35. The highest BCUT2D eigenvalue weighted by Crippen LogP contribution is 2.31. The number of ether oxygens (including phenoxy) is 1. The van der Waals surface area contributed by atoms with Crippen molar-refractivity contribution in [2.45, 2.75) is 19.8 Å². The van der Waals surface area contributed by atoms with Crippen molar-refractivity contribution < 1.29 is 17.9 Å². The normalized spacial score (nSPS) is 18.4. The first-order valence-corrected chi connectivity index (χ1v) is 8.53. The number of carbonyl (C=O) groups excluding carboxylic acids is 1. The van der Waals surface area contributed by atoms with Crippen molar-refractivity contribution in [3.63, 3.8) is 0 Å². The fourth-order valence-corrected chi connectivity index (χ4v) is 3.32. The topological polar surface area (TPSA) is 111 Å². The molecule has 1 aliphatic rings. The van der Waals surface area contributed by atoms with Crippen LogP contribution in [0.1, 0.15) is 19.8 Å². The van der Waals surface area contributed by atoms with E-state index in [-0.39, 0.29) is 23.2 Å². The molecule has 0 aliphatic carbocycles. The Morgan fingerprint density at radius 1 is 1.40 bits per heavy atom. The molecule has 0 radical (unpaired) electrons. The Bertz CT molecular complexity index is 458. The molecule has 0 saturated carbocycles. The smallest absolute Gasteiger partial charge is 0.233 e. The van der Waals surface area contributed by atoms with Crippen LogP contribution in [0.4, 0.5) is 0 Å². The Hall–Kier alpha value is -0.770. The van der Waals surface area contributed by atoms with E-state index < -0.39 is 15.4 Å². The van der Waals surface area contributed by atoms with Gasteiger partial charge < -0.3 is 15.8 Å².